The van der Waals surface area contributed by atoms with Crippen molar-refractivity contribution in [1.29, 1.82) is 0 Å². The van der Waals surface area contributed by atoms with Crippen molar-refractivity contribution in [3.8, 4) is 0 Å². The summed E-state index contributed by atoms with van der Waals surface area (Å²) in [5.74, 6) is 0. The molecule has 1 heterocycles. The van der Waals surface area contributed by atoms with Crippen molar-refractivity contribution >= 4 is 17.3 Å². The first-order valence-electron chi connectivity index (χ1n) is 4.90. The van der Waals surface area contributed by atoms with Crippen LogP contribution in [-0.2, 0) is 6.54 Å². The van der Waals surface area contributed by atoms with Gasteiger partial charge in [-0.1, -0.05) is 18.5 Å². The molecule has 0 amide bonds. The van der Waals surface area contributed by atoms with Gasteiger partial charge in [0.05, 0.1) is 11.9 Å². The Balaban J connectivity index is 2.94. The van der Waals surface area contributed by atoms with E-state index in [-0.39, 0.29) is 10.6 Å². The Morgan fingerprint density at radius 1 is 1.67 bits per heavy atom. The van der Waals surface area contributed by atoms with Gasteiger partial charge in [-0.05, 0) is 6.42 Å². The van der Waals surface area contributed by atoms with E-state index in [2.05, 4.69) is 10.4 Å². The van der Waals surface area contributed by atoms with Gasteiger partial charge in [0.25, 0.3) is 5.56 Å². The van der Waals surface area contributed by atoms with Gasteiger partial charge in [-0.3, -0.25) is 4.79 Å². The number of aromatic nitrogens is 2. The minimum absolute atomic E-state index is 0.173. The molecular formula is C9H15ClN4O. The molecule has 0 saturated heterocycles. The zero-order valence-corrected chi connectivity index (χ0v) is 9.42. The van der Waals surface area contributed by atoms with E-state index in [4.69, 9.17) is 17.3 Å². The smallest absolute Gasteiger partial charge is 0.287 e. The summed E-state index contributed by atoms with van der Waals surface area (Å²) in [5, 5.41) is 7.11. The number of nitrogens with one attached hydrogen (secondary N) is 1. The molecule has 1 aromatic rings. The first-order valence-corrected chi connectivity index (χ1v) is 5.28. The number of rotatable bonds is 5. The molecule has 0 fully saturated rings. The Kier molecular flexibility index (Phi) is 4.58. The quantitative estimate of drug-likeness (QED) is 0.780. The van der Waals surface area contributed by atoms with Crippen LogP contribution in [0.4, 0.5) is 5.69 Å². The second kappa shape index (κ2) is 5.72. The zero-order valence-electron chi connectivity index (χ0n) is 8.66. The van der Waals surface area contributed by atoms with Crippen molar-refractivity contribution in [3.05, 3.63) is 21.6 Å². The predicted octanol–water partition coefficient (Wildman–Crippen LogP) is 0.677. The van der Waals surface area contributed by atoms with Gasteiger partial charge in [0.15, 0.2) is 0 Å². The van der Waals surface area contributed by atoms with Crippen LogP contribution in [0.2, 0.25) is 5.02 Å². The summed E-state index contributed by atoms with van der Waals surface area (Å²) in [6, 6.07) is 0. The topological polar surface area (TPSA) is 72.9 Å². The van der Waals surface area contributed by atoms with Crippen LogP contribution in [0.25, 0.3) is 0 Å². The van der Waals surface area contributed by atoms with Gasteiger partial charge in [0, 0.05) is 19.6 Å². The lowest BCUT2D eigenvalue weighted by Crippen LogP contribution is -2.25. The van der Waals surface area contributed by atoms with Crippen LogP contribution in [-0.4, -0.2) is 22.9 Å². The lowest BCUT2D eigenvalue weighted by molar-refractivity contribution is 0.568. The molecule has 84 valence electrons. The number of hydrogen-bond donors (Lipinski definition) is 2. The molecule has 0 aliphatic rings. The van der Waals surface area contributed by atoms with Crippen LogP contribution in [0.3, 0.4) is 0 Å². The van der Waals surface area contributed by atoms with Gasteiger partial charge < -0.3 is 11.1 Å². The SMILES string of the molecule is CCCn1ncc(NCCN)c(Cl)c1=O. The highest BCUT2D eigenvalue weighted by atomic mass is 35.5. The monoisotopic (exact) mass is 230 g/mol. The number of anilines is 1. The molecule has 0 aliphatic heterocycles. The highest BCUT2D eigenvalue weighted by Gasteiger charge is 2.07. The summed E-state index contributed by atoms with van der Waals surface area (Å²) >= 11 is 5.89. The van der Waals surface area contributed by atoms with Crippen molar-refractivity contribution in [3.63, 3.8) is 0 Å². The molecule has 3 N–H and O–H groups in total. The van der Waals surface area contributed by atoms with E-state index in [1.807, 2.05) is 6.92 Å². The van der Waals surface area contributed by atoms with E-state index in [1.165, 1.54) is 4.68 Å². The van der Waals surface area contributed by atoms with Gasteiger partial charge in [-0.25, -0.2) is 4.68 Å². The van der Waals surface area contributed by atoms with Crippen molar-refractivity contribution in [2.24, 2.45) is 5.73 Å². The van der Waals surface area contributed by atoms with Gasteiger partial charge >= 0.3 is 0 Å². The van der Waals surface area contributed by atoms with Crippen LogP contribution in [0, 0.1) is 0 Å². The van der Waals surface area contributed by atoms with Crippen molar-refractivity contribution in [1.82, 2.24) is 9.78 Å². The Bertz CT molecular complexity index is 377. The van der Waals surface area contributed by atoms with E-state index in [0.29, 0.717) is 25.3 Å². The normalized spacial score (nSPS) is 10.3. The first kappa shape index (κ1) is 12.0. The van der Waals surface area contributed by atoms with Gasteiger partial charge in [-0.15, -0.1) is 0 Å². The number of nitrogens with two attached hydrogens (primary N) is 1. The summed E-state index contributed by atoms with van der Waals surface area (Å²) in [5.41, 5.74) is 5.61. The molecule has 5 nitrogen and oxygen atoms in total. The number of aryl methyl sites for hydroxylation is 1. The van der Waals surface area contributed by atoms with E-state index < -0.39 is 0 Å². The first-order chi connectivity index (χ1) is 7.20. The van der Waals surface area contributed by atoms with Crippen molar-refractivity contribution in [2.45, 2.75) is 19.9 Å². The van der Waals surface area contributed by atoms with E-state index >= 15 is 0 Å². The highest BCUT2D eigenvalue weighted by Crippen LogP contribution is 2.14. The molecule has 0 unspecified atom stereocenters. The van der Waals surface area contributed by atoms with Crippen LogP contribution in [0.5, 0.6) is 0 Å². The second-order valence-corrected chi connectivity index (χ2v) is 3.49. The second-order valence-electron chi connectivity index (χ2n) is 3.12. The number of hydrogen-bond acceptors (Lipinski definition) is 4. The summed E-state index contributed by atoms with van der Waals surface area (Å²) < 4.78 is 1.36. The maximum atomic E-state index is 11.6. The fourth-order valence-corrected chi connectivity index (χ4v) is 1.38. The Morgan fingerprint density at radius 3 is 3.00 bits per heavy atom. The minimum Gasteiger partial charge on any atom is -0.381 e. The molecule has 1 rings (SSSR count). The van der Waals surface area contributed by atoms with Crippen LogP contribution < -0.4 is 16.6 Å². The summed E-state index contributed by atoms with van der Waals surface area (Å²) in [4.78, 5) is 11.6. The Hall–Kier alpha value is -1.07. The van der Waals surface area contributed by atoms with Crippen LogP contribution in [0.15, 0.2) is 11.0 Å². The molecule has 0 aliphatic carbocycles. The van der Waals surface area contributed by atoms with Gasteiger partial charge in [-0.2, -0.15) is 5.10 Å². The van der Waals surface area contributed by atoms with Crippen molar-refractivity contribution < 1.29 is 0 Å². The Morgan fingerprint density at radius 2 is 2.40 bits per heavy atom. The number of nitrogens with zero attached hydrogens (tertiary/aromatic N) is 2. The summed E-state index contributed by atoms with van der Waals surface area (Å²) in [6.07, 6.45) is 2.40. The molecule has 6 heteroatoms. The fraction of sp³-hybridized carbons (Fsp3) is 0.556. The van der Waals surface area contributed by atoms with Crippen molar-refractivity contribution in [2.75, 3.05) is 18.4 Å². The maximum Gasteiger partial charge on any atom is 0.287 e. The van der Waals surface area contributed by atoms with E-state index in [9.17, 15) is 4.79 Å². The van der Waals surface area contributed by atoms with E-state index in [1.54, 1.807) is 6.20 Å². The summed E-state index contributed by atoms with van der Waals surface area (Å²) in [7, 11) is 0. The average Bonchev–Trinajstić information content (AvgIpc) is 2.24. The minimum atomic E-state index is -0.263. The third kappa shape index (κ3) is 2.94. The predicted molar refractivity (Wildman–Crippen MR) is 61.3 cm³/mol. The van der Waals surface area contributed by atoms with E-state index in [0.717, 1.165) is 6.42 Å². The zero-order chi connectivity index (χ0) is 11.3. The van der Waals surface area contributed by atoms with Gasteiger partial charge in [0.2, 0.25) is 0 Å². The lowest BCUT2D eigenvalue weighted by atomic mass is 10.4. The average molecular weight is 231 g/mol. The lowest BCUT2D eigenvalue weighted by Gasteiger charge is -2.08. The maximum absolute atomic E-state index is 11.6. The third-order valence-corrected chi connectivity index (χ3v) is 2.25. The van der Waals surface area contributed by atoms with Gasteiger partial charge in [0.1, 0.15) is 5.02 Å². The molecule has 0 aromatic carbocycles. The molecule has 0 saturated carbocycles. The molecule has 1 aromatic heterocycles. The summed E-state index contributed by atoms with van der Waals surface area (Å²) in [6.45, 7) is 3.60. The standard InChI is InChI=1S/C9H15ClN4O/c1-2-5-14-9(15)8(10)7(6-13-14)12-4-3-11/h6,12H,2-5,11H2,1H3. The molecule has 0 radical (unpaired) electrons. The third-order valence-electron chi connectivity index (χ3n) is 1.88. The molecule has 0 atom stereocenters. The highest BCUT2D eigenvalue weighted by molar-refractivity contribution is 6.32. The number of halogens is 1. The largest absolute Gasteiger partial charge is 0.381 e. The molecular weight excluding hydrogens is 216 g/mol. The molecule has 15 heavy (non-hydrogen) atoms. The fourth-order valence-electron chi connectivity index (χ4n) is 1.17. The van der Waals surface area contributed by atoms with Crippen LogP contribution in [0.1, 0.15) is 13.3 Å². The molecule has 0 bridgehead atoms. The van der Waals surface area contributed by atoms with Crippen LogP contribution >= 0.6 is 11.6 Å². The Labute approximate surface area is 93.2 Å². The molecule has 0 spiro atoms.